The molecule has 3 fully saturated rings. The third kappa shape index (κ3) is 2.19. The molecule has 2 bridgehead atoms. The van der Waals surface area contributed by atoms with E-state index in [0.717, 1.165) is 11.8 Å². The third-order valence-electron chi connectivity index (χ3n) is 4.86. The Morgan fingerprint density at radius 3 is 2.39 bits per heavy atom. The minimum atomic E-state index is 0.235. The van der Waals surface area contributed by atoms with Gasteiger partial charge in [-0.3, -0.25) is 0 Å². The van der Waals surface area contributed by atoms with E-state index in [-0.39, 0.29) is 12.5 Å². The largest absolute Gasteiger partial charge is 0.396 e. The number of benzene rings is 1. The fraction of sp³-hybridized carbons (Fsp3) is 0.625. The predicted octanol–water partition coefficient (Wildman–Crippen LogP) is 2.59. The van der Waals surface area contributed by atoms with E-state index in [2.05, 4.69) is 36.1 Å². The molecule has 0 radical (unpaired) electrons. The molecule has 2 nitrogen and oxygen atoms in total. The highest BCUT2D eigenvalue weighted by Crippen LogP contribution is 2.39. The van der Waals surface area contributed by atoms with Crippen molar-refractivity contribution in [2.45, 2.75) is 31.6 Å². The van der Waals surface area contributed by atoms with E-state index in [1.807, 2.05) is 0 Å². The Morgan fingerprint density at radius 1 is 1.22 bits per heavy atom. The van der Waals surface area contributed by atoms with Crippen molar-refractivity contribution in [2.24, 2.45) is 5.92 Å². The van der Waals surface area contributed by atoms with Gasteiger partial charge < -0.3 is 10.0 Å². The number of hydrogen-bond acceptors (Lipinski definition) is 2. The highest BCUT2D eigenvalue weighted by Gasteiger charge is 2.34. The van der Waals surface area contributed by atoms with Crippen molar-refractivity contribution in [1.82, 2.24) is 4.90 Å². The number of fused-ring (bicyclic) bond motifs is 3. The second-order valence-corrected chi connectivity index (χ2v) is 5.99. The summed E-state index contributed by atoms with van der Waals surface area (Å²) in [5.41, 5.74) is 2.75. The predicted molar refractivity (Wildman–Crippen MR) is 73.8 cm³/mol. The molecule has 0 aliphatic carbocycles. The zero-order valence-corrected chi connectivity index (χ0v) is 11.2. The molecule has 3 saturated heterocycles. The van der Waals surface area contributed by atoms with Crippen LogP contribution < -0.4 is 0 Å². The van der Waals surface area contributed by atoms with Gasteiger partial charge in [-0.2, -0.15) is 0 Å². The van der Waals surface area contributed by atoms with E-state index in [1.54, 1.807) is 0 Å². The molecule has 3 aliphatic rings. The van der Waals surface area contributed by atoms with Crippen LogP contribution in [0.1, 0.15) is 42.7 Å². The Kier molecular flexibility index (Phi) is 3.40. The van der Waals surface area contributed by atoms with Crippen LogP contribution in [0.4, 0.5) is 0 Å². The summed E-state index contributed by atoms with van der Waals surface area (Å²) in [6.07, 6.45) is 2.75. The van der Waals surface area contributed by atoms with Gasteiger partial charge in [-0.1, -0.05) is 31.2 Å². The molecule has 0 spiro atoms. The van der Waals surface area contributed by atoms with Crippen molar-refractivity contribution in [3.05, 3.63) is 35.4 Å². The van der Waals surface area contributed by atoms with E-state index < -0.39 is 0 Å². The van der Waals surface area contributed by atoms with Crippen LogP contribution in [-0.2, 0) is 0 Å². The smallest absolute Gasteiger partial charge is 0.0497 e. The second-order valence-electron chi connectivity index (χ2n) is 5.99. The highest BCUT2D eigenvalue weighted by molar-refractivity contribution is 5.29. The summed E-state index contributed by atoms with van der Waals surface area (Å²) in [6.45, 7) is 6.17. The van der Waals surface area contributed by atoms with E-state index >= 15 is 0 Å². The van der Waals surface area contributed by atoms with Gasteiger partial charge in [-0.15, -0.1) is 0 Å². The van der Waals surface area contributed by atoms with Crippen molar-refractivity contribution in [3.8, 4) is 0 Å². The molecule has 3 aliphatic heterocycles. The molecule has 2 unspecified atom stereocenters. The van der Waals surface area contributed by atoms with E-state index in [1.165, 1.54) is 43.6 Å². The van der Waals surface area contributed by atoms with Gasteiger partial charge in [-0.25, -0.2) is 0 Å². The summed E-state index contributed by atoms with van der Waals surface area (Å²) >= 11 is 0. The second kappa shape index (κ2) is 5.02. The maximum Gasteiger partial charge on any atom is 0.0497 e. The lowest BCUT2D eigenvalue weighted by atomic mass is 9.75. The van der Waals surface area contributed by atoms with Crippen molar-refractivity contribution in [2.75, 3.05) is 26.2 Å². The Morgan fingerprint density at radius 2 is 1.89 bits per heavy atom. The summed E-state index contributed by atoms with van der Waals surface area (Å²) in [7, 11) is 0. The molecule has 4 rings (SSSR count). The maximum atomic E-state index is 9.19. The van der Waals surface area contributed by atoms with E-state index in [4.69, 9.17) is 0 Å². The molecule has 18 heavy (non-hydrogen) atoms. The minimum Gasteiger partial charge on any atom is -0.396 e. The number of piperidine rings is 3. The van der Waals surface area contributed by atoms with Gasteiger partial charge in [-0.05, 0) is 48.9 Å². The molecular weight excluding hydrogens is 222 g/mol. The summed E-state index contributed by atoms with van der Waals surface area (Å²) in [5.74, 6) is 1.90. The first-order valence-electron chi connectivity index (χ1n) is 7.21. The average molecular weight is 245 g/mol. The Bertz CT molecular complexity index is 392. The van der Waals surface area contributed by atoms with Crippen LogP contribution in [0, 0.1) is 5.92 Å². The molecule has 98 valence electrons. The Labute approximate surface area is 110 Å². The van der Waals surface area contributed by atoms with Gasteiger partial charge >= 0.3 is 0 Å². The zero-order valence-electron chi connectivity index (χ0n) is 11.2. The van der Waals surface area contributed by atoms with Gasteiger partial charge in [0.25, 0.3) is 0 Å². The van der Waals surface area contributed by atoms with Crippen LogP contribution in [0.2, 0.25) is 0 Å². The van der Waals surface area contributed by atoms with Gasteiger partial charge in [0.2, 0.25) is 0 Å². The first-order chi connectivity index (χ1) is 8.78. The molecule has 2 heteroatoms. The standard InChI is InChI=1S/C16H23NO/c1-12(11-18)13-2-4-14(5-3-13)16-10-17-8-6-15(16)7-9-17/h2-5,12,15-16,18H,6-11H2,1H3. The summed E-state index contributed by atoms with van der Waals surface area (Å²) in [5, 5.41) is 9.19. The number of aliphatic hydroxyl groups excluding tert-OH is 1. The van der Waals surface area contributed by atoms with Gasteiger partial charge in [0.15, 0.2) is 0 Å². The Hall–Kier alpha value is -0.860. The van der Waals surface area contributed by atoms with Gasteiger partial charge in [0, 0.05) is 19.1 Å². The Balaban J connectivity index is 1.76. The fourth-order valence-corrected chi connectivity index (χ4v) is 3.52. The highest BCUT2D eigenvalue weighted by atomic mass is 16.3. The molecule has 1 N–H and O–H groups in total. The maximum absolute atomic E-state index is 9.19. The summed E-state index contributed by atoms with van der Waals surface area (Å²) in [4.78, 5) is 2.61. The van der Waals surface area contributed by atoms with Crippen LogP contribution in [0.5, 0.6) is 0 Å². The number of rotatable bonds is 3. The van der Waals surface area contributed by atoms with Crippen LogP contribution in [0.15, 0.2) is 24.3 Å². The zero-order chi connectivity index (χ0) is 12.5. The molecule has 1 aromatic carbocycles. The topological polar surface area (TPSA) is 23.5 Å². The van der Waals surface area contributed by atoms with Crippen molar-refractivity contribution in [3.63, 3.8) is 0 Å². The van der Waals surface area contributed by atoms with Gasteiger partial charge in [0.05, 0.1) is 0 Å². The lowest BCUT2D eigenvalue weighted by molar-refractivity contribution is 0.0871. The monoisotopic (exact) mass is 245 g/mol. The number of nitrogens with zero attached hydrogens (tertiary/aromatic N) is 1. The van der Waals surface area contributed by atoms with Gasteiger partial charge in [0.1, 0.15) is 0 Å². The normalized spacial score (nSPS) is 32.4. The van der Waals surface area contributed by atoms with Crippen molar-refractivity contribution < 1.29 is 5.11 Å². The molecule has 3 heterocycles. The molecule has 0 aromatic heterocycles. The van der Waals surface area contributed by atoms with Crippen LogP contribution in [0.3, 0.4) is 0 Å². The first-order valence-corrected chi connectivity index (χ1v) is 7.21. The fourth-order valence-electron chi connectivity index (χ4n) is 3.52. The summed E-state index contributed by atoms with van der Waals surface area (Å²) in [6, 6.07) is 8.98. The van der Waals surface area contributed by atoms with Crippen LogP contribution in [-0.4, -0.2) is 36.2 Å². The number of hydrogen-bond donors (Lipinski definition) is 1. The minimum absolute atomic E-state index is 0.235. The van der Waals surface area contributed by atoms with Crippen LogP contribution in [0.25, 0.3) is 0 Å². The molecule has 2 atom stereocenters. The molecule has 0 saturated carbocycles. The van der Waals surface area contributed by atoms with E-state index in [0.29, 0.717) is 0 Å². The lowest BCUT2D eigenvalue weighted by Crippen LogP contribution is -2.46. The molecule has 0 amide bonds. The van der Waals surface area contributed by atoms with Crippen LogP contribution >= 0.6 is 0 Å². The SMILES string of the molecule is CC(CO)c1ccc(C2CN3CCC2CC3)cc1. The van der Waals surface area contributed by atoms with E-state index in [9.17, 15) is 5.11 Å². The quantitative estimate of drug-likeness (QED) is 0.885. The number of aliphatic hydroxyl groups is 1. The summed E-state index contributed by atoms with van der Waals surface area (Å²) < 4.78 is 0. The lowest BCUT2D eigenvalue weighted by Gasteiger charge is -2.45. The van der Waals surface area contributed by atoms with Crippen molar-refractivity contribution in [1.29, 1.82) is 0 Å². The average Bonchev–Trinajstić information content (AvgIpc) is 2.48. The molecular formula is C16H23NO. The first kappa shape index (κ1) is 12.2. The van der Waals surface area contributed by atoms with Crippen molar-refractivity contribution >= 4 is 0 Å². The third-order valence-corrected chi connectivity index (χ3v) is 4.86. The molecule has 1 aromatic rings.